The van der Waals surface area contributed by atoms with Crippen molar-refractivity contribution in [3.05, 3.63) is 29.8 Å². The second-order valence-corrected chi connectivity index (χ2v) is 4.73. The number of pyridine rings is 1. The molecule has 0 amide bonds. The van der Waals surface area contributed by atoms with Crippen LogP contribution in [0.1, 0.15) is 30.0 Å². The van der Waals surface area contributed by atoms with Crippen LogP contribution in [0.5, 0.6) is 0 Å². The molecule has 0 bridgehead atoms. The first-order valence-electron chi connectivity index (χ1n) is 6.03. The summed E-state index contributed by atoms with van der Waals surface area (Å²) in [7, 11) is 2.18. The van der Waals surface area contributed by atoms with Crippen LogP contribution in [-0.4, -0.2) is 33.4 Å². The minimum Gasteiger partial charge on any atom is -0.299 e. The van der Waals surface area contributed by atoms with E-state index in [4.69, 9.17) is 0 Å². The molecule has 1 saturated heterocycles. The average Bonchev–Trinajstić information content (AvgIpc) is 2.76. The van der Waals surface area contributed by atoms with Gasteiger partial charge in [-0.05, 0) is 44.5 Å². The molecule has 3 heterocycles. The zero-order valence-electron chi connectivity index (χ0n) is 10.2. The van der Waals surface area contributed by atoms with Gasteiger partial charge in [-0.25, -0.2) is 9.97 Å². The highest BCUT2D eigenvalue weighted by Gasteiger charge is 2.25. The molecule has 1 fully saturated rings. The summed E-state index contributed by atoms with van der Waals surface area (Å²) in [5.41, 5.74) is 4.43. The normalized spacial score (nSPS) is 21.2. The molecule has 1 aliphatic rings. The number of nitrogens with zero attached hydrogens (tertiary/aromatic N) is 4. The van der Waals surface area contributed by atoms with Crippen molar-refractivity contribution in [2.24, 2.45) is 0 Å². The van der Waals surface area contributed by atoms with Gasteiger partial charge < -0.3 is 0 Å². The van der Waals surface area contributed by atoms with Crippen LogP contribution in [-0.2, 0) is 0 Å². The third kappa shape index (κ3) is 1.69. The van der Waals surface area contributed by atoms with Crippen molar-refractivity contribution in [2.45, 2.75) is 25.8 Å². The van der Waals surface area contributed by atoms with E-state index in [2.05, 4.69) is 33.8 Å². The number of fused-ring (bicyclic) bond motifs is 1. The second-order valence-electron chi connectivity index (χ2n) is 4.73. The molecular formula is C13H16N4. The maximum Gasteiger partial charge on any atom is 0.116 e. The topological polar surface area (TPSA) is 41.9 Å². The van der Waals surface area contributed by atoms with Crippen molar-refractivity contribution in [1.82, 2.24) is 19.9 Å². The van der Waals surface area contributed by atoms with Crippen molar-refractivity contribution < 1.29 is 0 Å². The molecule has 0 spiro atoms. The number of hydrogen-bond acceptors (Lipinski definition) is 4. The van der Waals surface area contributed by atoms with Crippen LogP contribution >= 0.6 is 0 Å². The Morgan fingerprint density at radius 2 is 2.18 bits per heavy atom. The molecule has 2 aromatic heterocycles. The van der Waals surface area contributed by atoms with Crippen molar-refractivity contribution >= 4 is 11.0 Å². The number of likely N-dealkylation sites (tertiary alicyclic amines) is 1. The zero-order valence-corrected chi connectivity index (χ0v) is 10.2. The molecule has 17 heavy (non-hydrogen) atoms. The summed E-state index contributed by atoms with van der Waals surface area (Å²) in [6, 6.07) is 0.502. The van der Waals surface area contributed by atoms with E-state index in [1.165, 1.54) is 30.5 Å². The molecule has 0 N–H and O–H groups in total. The SMILES string of the molecule is Cc1c([C@@H]2CCCN2C)cnc2cncnc12. The molecule has 0 aliphatic carbocycles. The molecule has 1 atom stereocenters. The Morgan fingerprint density at radius 3 is 2.94 bits per heavy atom. The van der Waals surface area contributed by atoms with Crippen LogP contribution < -0.4 is 0 Å². The van der Waals surface area contributed by atoms with Gasteiger partial charge in [0.15, 0.2) is 0 Å². The molecule has 3 rings (SSSR count). The van der Waals surface area contributed by atoms with E-state index in [1.807, 2.05) is 6.20 Å². The van der Waals surface area contributed by atoms with E-state index in [-0.39, 0.29) is 0 Å². The van der Waals surface area contributed by atoms with Crippen molar-refractivity contribution in [1.29, 1.82) is 0 Å². The van der Waals surface area contributed by atoms with Crippen LogP contribution in [0.4, 0.5) is 0 Å². The largest absolute Gasteiger partial charge is 0.299 e. The summed E-state index contributed by atoms with van der Waals surface area (Å²) < 4.78 is 0. The Balaban J connectivity index is 2.14. The standard InChI is InChI=1S/C13H16N4/c1-9-10(12-4-3-5-17(12)2)6-15-11-7-14-8-16-13(9)11/h6-8,12H,3-5H2,1-2H3/t12-/m0/s1. The molecule has 4 heteroatoms. The quantitative estimate of drug-likeness (QED) is 0.749. The first-order chi connectivity index (χ1) is 8.27. The van der Waals surface area contributed by atoms with Crippen LogP contribution in [0.25, 0.3) is 11.0 Å². The lowest BCUT2D eigenvalue weighted by atomic mass is 10.0. The lowest BCUT2D eigenvalue weighted by Gasteiger charge is -2.21. The van der Waals surface area contributed by atoms with Gasteiger partial charge in [-0.1, -0.05) is 0 Å². The molecule has 0 aromatic carbocycles. The third-order valence-electron chi connectivity index (χ3n) is 3.70. The third-order valence-corrected chi connectivity index (χ3v) is 3.70. The van der Waals surface area contributed by atoms with E-state index in [0.29, 0.717) is 6.04 Å². The monoisotopic (exact) mass is 228 g/mol. The molecule has 0 unspecified atom stereocenters. The lowest BCUT2D eigenvalue weighted by molar-refractivity contribution is 0.316. The fraction of sp³-hybridized carbons (Fsp3) is 0.462. The van der Waals surface area contributed by atoms with Gasteiger partial charge in [0.1, 0.15) is 11.8 Å². The van der Waals surface area contributed by atoms with E-state index >= 15 is 0 Å². The molecule has 0 saturated carbocycles. The van der Waals surface area contributed by atoms with Gasteiger partial charge in [-0.2, -0.15) is 0 Å². The summed E-state index contributed by atoms with van der Waals surface area (Å²) in [4.78, 5) is 15.2. The second kappa shape index (κ2) is 4.04. The molecule has 1 aliphatic heterocycles. The van der Waals surface area contributed by atoms with Crippen LogP contribution in [0.15, 0.2) is 18.7 Å². The van der Waals surface area contributed by atoms with E-state index in [0.717, 1.165) is 11.0 Å². The minimum atomic E-state index is 0.502. The summed E-state index contributed by atoms with van der Waals surface area (Å²) in [6.45, 7) is 3.31. The maximum absolute atomic E-state index is 4.47. The Kier molecular flexibility index (Phi) is 2.52. The first-order valence-corrected chi connectivity index (χ1v) is 6.03. The van der Waals surface area contributed by atoms with E-state index in [9.17, 15) is 0 Å². The molecule has 0 radical (unpaired) electrons. The first kappa shape index (κ1) is 10.6. The van der Waals surface area contributed by atoms with Gasteiger partial charge in [0.25, 0.3) is 0 Å². The summed E-state index contributed by atoms with van der Waals surface area (Å²) in [5, 5.41) is 0. The molecule has 88 valence electrons. The summed E-state index contributed by atoms with van der Waals surface area (Å²) in [6.07, 6.45) is 7.85. The van der Waals surface area contributed by atoms with Gasteiger partial charge in [0, 0.05) is 12.2 Å². The van der Waals surface area contributed by atoms with Crippen molar-refractivity contribution in [3.63, 3.8) is 0 Å². The zero-order chi connectivity index (χ0) is 11.8. The summed E-state index contributed by atoms with van der Waals surface area (Å²) >= 11 is 0. The molecular weight excluding hydrogens is 212 g/mol. The van der Waals surface area contributed by atoms with Crippen LogP contribution in [0, 0.1) is 6.92 Å². The van der Waals surface area contributed by atoms with Crippen molar-refractivity contribution in [3.8, 4) is 0 Å². The predicted molar refractivity (Wildman–Crippen MR) is 66.7 cm³/mol. The lowest BCUT2D eigenvalue weighted by Crippen LogP contribution is -2.18. The minimum absolute atomic E-state index is 0.502. The highest BCUT2D eigenvalue weighted by atomic mass is 15.1. The maximum atomic E-state index is 4.47. The smallest absolute Gasteiger partial charge is 0.116 e. The highest BCUT2D eigenvalue weighted by Crippen LogP contribution is 2.33. The number of aryl methyl sites for hydroxylation is 1. The van der Waals surface area contributed by atoms with Crippen LogP contribution in [0.2, 0.25) is 0 Å². The van der Waals surface area contributed by atoms with Crippen molar-refractivity contribution in [2.75, 3.05) is 13.6 Å². The molecule has 2 aromatic rings. The Bertz CT molecular complexity index is 552. The van der Waals surface area contributed by atoms with E-state index < -0.39 is 0 Å². The number of hydrogen-bond donors (Lipinski definition) is 0. The Hall–Kier alpha value is -1.55. The van der Waals surface area contributed by atoms with E-state index in [1.54, 1.807) is 12.5 Å². The summed E-state index contributed by atoms with van der Waals surface area (Å²) in [5.74, 6) is 0. The highest BCUT2D eigenvalue weighted by molar-refractivity contribution is 5.77. The number of aromatic nitrogens is 3. The van der Waals surface area contributed by atoms with Gasteiger partial charge in [0.2, 0.25) is 0 Å². The average molecular weight is 228 g/mol. The van der Waals surface area contributed by atoms with Gasteiger partial charge >= 0.3 is 0 Å². The molecule has 4 nitrogen and oxygen atoms in total. The van der Waals surface area contributed by atoms with Gasteiger partial charge in [-0.15, -0.1) is 0 Å². The van der Waals surface area contributed by atoms with Gasteiger partial charge in [-0.3, -0.25) is 9.88 Å². The number of rotatable bonds is 1. The fourth-order valence-corrected chi connectivity index (χ4v) is 2.72. The Labute approximate surface area is 101 Å². The fourth-order valence-electron chi connectivity index (χ4n) is 2.72. The van der Waals surface area contributed by atoms with Gasteiger partial charge in [0.05, 0.1) is 11.7 Å². The van der Waals surface area contributed by atoms with Crippen LogP contribution in [0.3, 0.4) is 0 Å². The predicted octanol–water partition coefficient (Wildman–Crippen LogP) is 2.10. The Morgan fingerprint density at radius 1 is 1.29 bits per heavy atom.